The number of rotatable bonds is 5. The highest BCUT2D eigenvalue weighted by Crippen LogP contribution is 2.17. The van der Waals surface area contributed by atoms with Crippen LogP contribution in [0.15, 0.2) is 47.5 Å². The summed E-state index contributed by atoms with van der Waals surface area (Å²) in [5.74, 6) is 0. The van der Waals surface area contributed by atoms with Gasteiger partial charge in [-0.1, -0.05) is 36.4 Å². The predicted octanol–water partition coefficient (Wildman–Crippen LogP) is 3.15. The number of hydrogen-bond donors (Lipinski definition) is 1. The van der Waals surface area contributed by atoms with Crippen molar-refractivity contribution in [1.82, 2.24) is 0 Å². The van der Waals surface area contributed by atoms with Crippen LogP contribution in [-0.4, -0.2) is 24.3 Å². The normalized spacial score (nSPS) is 13.8. The van der Waals surface area contributed by atoms with Crippen LogP contribution in [-0.2, 0) is 4.74 Å². The summed E-state index contributed by atoms with van der Waals surface area (Å²) in [4.78, 5) is 4.18. The fraction of sp³-hybridized carbons (Fsp3) is 0.312. The van der Waals surface area contributed by atoms with Crippen molar-refractivity contribution in [2.45, 2.75) is 27.2 Å². The molecule has 0 amide bonds. The zero-order valence-corrected chi connectivity index (χ0v) is 12.0. The minimum Gasteiger partial charge on any atom is -0.350 e. The molecule has 0 aromatic heterocycles. The van der Waals surface area contributed by atoms with Crippen molar-refractivity contribution in [3.63, 3.8) is 0 Å². The molecule has 1 N–H and O–H groups in total. The Labute approximate surface area is 115 Å². The van der Waals surface area contributed by atoms with Crippen LogP contribution >= 0.6 is 0 Å². The van der Waals surface area contributed by atoms with E-state index in [2.05, 4.69) is 11.6 Å². The van der Waals surface area contributed by atoms with Crippen molar-refractivity contribution in [1.29, 1.82) is 0 Å². The molecule has 0 radical (unpaired) electrons. The van der Waals surface area contributed by atoms with Gasteiger partial charge in [-0.05, 0) is 38.0 Å². The van der Waals surface area contributed by atoms with Gasteiger partial charge in [-0.3, -0.25) is 0 Å². The van der Waals surface area contributed by atoms with E-state index in [1.165, 1.54) is 7.11 Å². The molecule has 0 spiro atoms. The van der Waals surface area contributed by atoms with E-state index in [9.17, 15) is 5.11 Å². The van der Waals surface area contributed by atoms with Crippen molar-refractivity contribution in [2.75, 3.05) is 7.11 Å². The molecular formula is C16H21NO2. The number of aliphatic imine (C=N–C) groups is 1. The second kappa shape index (κ2) is 7.02. The zero-order valence-electron chi connectivity index (χ0n) is 12.0. The van der Waals surface area contributed by atoms with Crippen molar-refractivity contribution in [3.05, 3.63) is 59.2 Å². The molecule has 0 aliphatic heterocycles. The summed E-state index contributed by atoms with van der Waals surface area (Å²) in [6.45, 7) is 9.94. The van der Waals surface area contributed by atoms with E-state index in [-0.39, 0.29) is 0 Å². The summed E-state index contributed by atoms with van der Waals surface area (Å²) < 4.78 is 4.80. The summed E-state index contributed by atoms with van der Waals surface area (Å²) in [5.41, 5.74) is 4.56. The molecule has 102 valence electrons. The molecule has 0 fully saturated rings. The second-order valence-electron chi connectivity index (χ2n) is 4.38. The highest BCUT2D eigenvalue weighted by molar-refractivity contribution is 6.14. The van der Waals surface area contributed by atoms with E-state index in [4.69, 9.17) is 4.74 Å². The molecule has 0 saturated heterocycles. The van der Waals surface area contributed by atoms with Gasteiger partial charge in [0.15, 0.2) is 0 Å². The van der Waals surface area contributed by atoms with Crippen LogP contribution < -0.4 is 0 Å². The van der Waals surface area contributed by atoms with Crippen LogP contribution in [0.3, 0.4) is 0 Å². The van der Waals surface area contributed by atoms with Crippen LogP contribution in [0.5, 0.6) is 0 Å². The molecule has 0 heterocycles. The number of aliphatic hydroxyl groups excluding tert-OH is 1. The third-order valence-corrected chi connectivity index (χ3v) is 2.77. The van der Waals surface area contributed by atoms with Crippen molar-refractivity contribution < 1.29 is 9.84 Å². The lowest BCUT2D eigenvalue weighted by atomic mass is 9.97. The molecule has 19 heavy (non-hydrogen) atoms. The first-order valence-electron chi connectivity index (χ1n) is 6.17. The van der Waals surface area contributed by atoms with Crippen LogP contribution in [0, 0.1) is 13.8 Å². The van der Waals surface area contributed by atoms with Gasteiger partial charge in [0.05, 0.1) is 5.71 Å². The van der Waals surface area contributed by atoms with E-state index >= 15 is 0 Å². The number of aryl methyl sites for hydroxylation is 2. The van der Waals surface area contributed by atoms with Gasteiger partial charge < -0.3 is 9.84 Å². The Hall–Kier alpha value is -1.71. The molecule has 0 unspecified atom stereocenters. The standard InChI is InChI=1S/C16H21NO2/c1-6-7-13(4)15(17-16(18)19-5)14-10-11(2)8-9-12(14)3/h6-10,16,18H,4H2,1-3,5H3/b7-6-,17-15-/t16-/m0/s1. The maximum Gasteiger partial charge on any atom is 0.255 e. The summed E-state index contributed by atoms with van der Waals surface area (Å²) >= 11 is 0. The summed E-state index contributed by atoms with van der Waals surface area (Å²) in [6.07, 6.45) is 2.57. The molecule has 0 saturated carbocycles. The van der Waals surface area contributed by atoms with E-state index in [1.807, 2.05) is 51.1 Å². The quantitative estimate of drug-likeness (QED) is 0.501. The van der Waals surface area contributed by atoms with Gasteiger partial charge in [0.25, 0.3) is 6.41 Å². The average Bonchev–Trinajstić information content (AvgIpc) is 2.39. The lowest BCUT2D eigenvalue weighted by molar-refractivity contribution is -0.0656. The average molecular weight is 259 g/mol. The van der Waals surface area contributed by atoms with Gasteiger partial charge in [0.1, 0.15) is 0 Å². The number of nitrogens with zero attached hydrogens (tertiary/aromatic N) is 1. The van der Waals surface area contributed by atoms with Gasteiger partial charge in [0.2, 0.25) is 0 Å². The SMILES string of the molecule is C=C(/C=C\C)/C(=N/[C@@H](O)OC)c1cc(C)ccc1C. The highest BCUT2D eigenvalue weighted by atomic mass is 16.6. The number of methoxy groups -OCH3 is 1. The number of allylic oxidation sites excluding steroid dienone is 3. The summed E-state index contributed by atoms with van der Waals surface area (Å²) in [6, 6.07) is 6.11. The fourth-order valence-electron chi connectivity index (χ4n) is 1.76. The largest absolute Gasteiger partial charge is 0.350 e. The number of aliphatic hydroxyl groups is 1. The first kappa shape index (κ1) is 15.3. The third kappa shape index (κ3) is 4.16. The predicted molar refractivity (Wildman–Crippen MR) is 79.4 cm³/mol. The molecule has 0 bridgehead atoms. The third-order valence-electron chi connectivity index (χ3n) is 2.77. The summed E-state index contributed by atoms with van der Waals surface area (Å²) in [7, 11) is 1.41. The van der Waals surface area contributed by atoms with E-state index < -0.39 is 6.41 Å². The minimum atomic E-state index is -1.18. The number of ether oxygens (including phenoxy) is 1. The van der Waals surface area contributed by atoms with Gasteiger partial charge >= 0.3 is 0 Å². The minimum absolute atomic E-state index is 0.647. The molecule has 3 nitrogen and oxygen atoms in total. The maximum atomic E-state index is 9.59. The Morgan fingerprint density at radius 3 is 2.68 bits per heavy atom. The van der Waals surface area contributed by atoms with Crippen molar-refractivity contribution >= 4 is 5.71 Å². The zero-order chi connectivity index (χ0) is 14.4. The van der Waals surface area contributed by atoms with Crippen LogP contribution in [0.1, 0.15) is 23.6 Å². The Balaban J connectivity index is 3.34. The Kier molecular flexibility index (Phi) is 5.67. The number of hydrogen-bond acceptors (Lipinski definition) is 3. The van der Waals surface area contributed by atoms with Crippen LogP contribution in [0.2, 0.25) is 0 Å². The van der Waals surface area contributed by atoms with E-state index in [1.54, 1.807) is 0 Å². The molecule has 1 aromatic rings. The van der Waals surface area contributed by atoms with E-state index in [0.717, 1.165) is 22.3 Å². The molecular weight excluding hydrogens is 238 g/mol. The second-order valence-corrected chi connectivity index (χ2v) is 4.38. The Morgan fingerprint density at radius 2 is 2.11 bits per heavy atom. The summed E-state index contributed by atoms with van der Waals surface area (Å²) in [5, 5.41) is 9.59. The van der Waals surface area contributed by atoms with Crippen LogP contribution in [0.25, 0.3) is 0 Å². The lowest BCUT2D eigenvalue weighted by Crippen LogP contribution is -2.13. The molecule has 1 rings (SSSR count). The van der Waals surface area contributed by atoms with E-state index in [0.29, 0.717) is 5.71 Å². The topological polar surface area (TPSA) is 41.8 Å². The fourth-order valence-corrected chi connectivity index (χ4v) is 1.76. The molecule has 1 aromatic carbocycles. The first-order chi connectivity index (χ1) is 8.99. The monoisotopic (exact) mass is 259 g/mol. The molecule has 3 heteroatoms. The van der Waals surface area contributed by atoms with Crippen molar-refractivity contribution in [3.8, 4) is 0 Å². The molecule has 0 aliphatic rings. The highest BCUT2D eigenvalue weighted by Gasteiger charge is 2.11. The van der Waals surface area contributed by atoms with Crippen molar-refractivity contribution in [2.24, 2.45) is 4.99 Å². The van der Waals surface area contributed by atoms with Crippen LogP contribution in [0.4, 0.5) is 0 Å². The Bertz CT molecular complexity index is 515. The number of benzene rings is 1. The lowest BCUT2D eigenvalue weighted by Gasteiger charge is -2.13. The van der Waals surface area contributed by atoms with Gasteiger partial charge in [0, 0.05) is 12.7 Å². The molecule has 0 aliphatic carbocycles. The molecule has 1 atom stereocenters. The van der Waals surface area contributed by atoms with Gasteiger partial charge in [-0.15, -0.1) is 0 Å². The Morgan fingerprint density at radius 1 is 1.42 bits per heavy atom. The first-order valence-corrected chi connectivity index (χ1v) is 6.17. The smallest absolute Gasteiger partial charge is 0.255 e. The maximum absolute atomic E-state index is 9.59. The van der Waals surface area contributed by atoms with Gasteiger partial charge in [-0.2, -0.15) is 0 Å². The van der Waals surface area contributed by atoms with Gasteiger partial charge in [-0.25, -0.2) is 4.99 Å².